The van der Waals surface area contributed by atoms with Gasteiger partial charge in [-0.2, -0.15) is 5.10 Å². The molecule has 0 bridgehead atoms. The Morgan fingerprint density at radius 3 is 2.49 bits per heavy atom. The Hall–Kier alpha value is -4.37. The van der Waals surface area contributed by atoms with Crippen molar-refractivity contribution in [3.05, 3.63) is 89.6 Å². The van der Waals surface area contributed by atoms with Gasteiger partial charge in [-0.05, 0) is 37.3 Å². The summed E-state index contributed by atoms with van der Waals surface area (Å²) in [6.07, 6.45) is 0.898. The number of alkyl halides is 3. The second kappa shape index (κ2) is 10.6. The Kier molecular flexibility index (Phi) is 7.25. The van der Waals surface area contributed by atoms with Crippen LogP contribution in [0.5, 0.6) is 5.75 Å². The van der Waals surface area contributed by atoms with Crippen molar-refractivity contribution in [3.8, 4) is 17.0 Å². The van der Waals surface area contributed by atoms with Crippen molar-refractivity contribution in [2.75, 3.05) is 7.05 Å². The van der Waals surface area contributed by atoms with Crippen molar-refractivity contribution in [1.82, 2.24) is 29.0 Å². The van der Waals surface area contributed by atoms with E-state index in [1.807, 2.05) is 0 Å². The van der Waals surface area contributed by atoms with Crippen molar-refractivity contribution >= 4 is 22.2 Å². The molecule has 3 heterocycles. The molecule has 15 heteroatoms. The highest BCUT2D eigenvalue weighted by atomic mass is 32.1. The molecule has 1 N–H and O–H groups in total. The third-order valence-corrected chi connectivity index (χ3v) is 7.59. The molecule has 0 radical (unpaired) electrons. The van der Waals surface area contributed by atoms with Crippen molar-refractivity contribution in [2.45, 2.75) is 31.5 Å². The standard InChI is InChI=1S/C26H21F5N6O3S/c1-15(25(39,12-37-14-32-13-33-37)19-8-5-17(27)9-20(19)28)35(2)23(38)22-11-36-10-21(34-24(36)41-22)16-3-6-18(7-4-16)40-26(29,30)31/h3-11,13-15,39H,12H2,1-2H3/t15-,25-/m1/s1. The highest BCUT2D eigenvalue weighted by Crippen LogP contribution is 2.34. The monoisotopic (exact) mass is 592 g/mol. The number of hydrogen-bond donors (Lipinski definition) is 1. The lowest BCUT2D eigenvalue weighted by atomic mass is 9.85. The maximum atomic E-state index is 14.9. The Morgan fingerprint density at radius 1 is 1.15 bits per heavy atom. The van der Waals surface area contributed by atoms with E-state index in [0.29, 0.717) is 22.3 Å². The van der Waals surface area contributed by atoms with Crippen molar-refractivity contribution < 1.29 is 36.6 Å². The van der Waals surface area contributed by atoms with E-state index in [-0.39, 0.29) is 22.7 Å². The summed E-state index contributed by atoms with van der Waals surface area (Å²) in [4.78, 5) is 23.7. The second-order valence-corrected chi connectivity index (χ2v) is 10.2. The Balaban J connectivity index is 1.39. The lowest BCUT2D eigenvalue weighted by Crippen LogP contribution is -2.52. The zero-order valence-electron chi connectivity index (χ0n) is 21.4. The van der Waals surface area contributed by atoms with Crippen LogP contribution in [0.2, 0.25) is 0 Å². The van der Waals surface area contributed by atoms with Crippen molar-refractivity contribution in [1.29, 1.82) is 0 Å². The van der Waals surface area contributed by atoms with Gasteiger partial charge in [-0.25, -0.2) is 23.4 Å². The highest BCUT2D eigenvalue weighted by molar-refractivity contribution is 7.18. The molecule has 0 saturated carbocycles. The van der Waals surface area contributed by atoms with Crippen LogP contribution in [0.1, 0.15) is 22.2 Å². The van der Waals surface area contributed by atoms with Crippen molar-refractivity contribution in [2.24, 2.45) is 0 Å². The van der Waals surface area contributed by atoms with Gasteiger partial charge in [0.2, 0.25) is 0 Å². The van der Waals surface area contributed by atoms with Crippen LogP contribution in [0, 0.1) is 11.6 Å². The maximum absolute atomic E-state index is 14.9. The molecule has 2 aromatic carbocycles. The lowest BCUT2D eigenvalue weighted by molar-refractivity contribution is -0.274. The summed E-state index contributed by atoms with van der Waals surface area (Å²) in [6, 6.07) is 6.97. The number of nitrogens with zero attached hydrogens (tertiary/aromatic N) is 6. The molecular formula is C26H21F5N6O3S. The molecule has 0 aliphatic carbocycles. The molecule has 9 nitrogen and oxygen atoms in total. The summed E-state index contributed by atoms with van der Waals surface area (Å²) in [5.74, 6) is -2.67. The van der Waals surface area contributed by atoms with E-state index in [9.17, 15) is 31.9 Å². The number of rotatable bonds is 8. The van der Waals surface area contributed by atoms with Gasteiger partial charge in [0.25, 0.3) is 5.91 Å². The first-order valence-electron chi connectivity index (χ1n) is 12.0. The third-order valence-electron chi connectivity index (χ3n) is 6.61. The first-order chi connectivity index (χ1) is 19.3. The van der Waals surface area contributed by atoms with Gasteiger partial charge in [0.1, 0.15) is 40.5 Å². The number of imidazole rings is 1. The number of fused-ring (bicyclic) bond motifs is 1. The molecule has 5 aromatic rings. The number of aliphatic hydroxyl groups is 1. The molecule has 0 aliphatic rings. The van der Waals surface area contributed by atoms with E-state index in [4.69, 9.17) is 0 Å². The molecular weight excluding hydrogens is 571 g/mol. The molecule has 1 amide bonds. The largest absolute Gasteiger partial charge is 0.573 e. The average molecular weight is 593 g/mol. The minimum absolute atomic E-state index is 0.223. The molecule has 2 atom stereocenters. The summed E-state index contributed by atoms with van der Waals surface area (Å²) in [5, 5.41) is 15.7. The summed E-state index contributed by atoms with van der Waals surface area (Å²) in [6.45, 7) is 1.25. The van der Waals surface area contributed by atoms with E-state index in [2.05, 4.69) is 19.8 Å². The molecule has 41 heavy (non-hydrogen) atoms. The number of carbonyl (C=O) groups is 1. The molecule has 5 rings (SSSR count). The average Bonchev–Trinajstić information content (AvgIpc) is 3.64. The minimum atomic E-state index is -4.80. The van der Waals surface area contributed by atoms with Gasteiger partial charge in [-0.15, -0.1) is 13.2 Å². The number of carbonyl (C=O) groups excluding carboxylic acids is 1. The normalized spacial score (nSPS) is 14.1. The summed E-state index contributed by atoms with van der Waals surface area (Å²) in [5.41, 5.74) is -1.25. The first kappa shape index (κ1) is 28.2. The number of amides is 1. The highest BCUT2D eigenvalue weighted by Gasteiger charge is 2.43. The molecule has 0 spiro atoms. The summed E-state index contributed by atoms with van der Waals surface area (Å²) < 4.78 is 72.5. The quantitative estimate of drug-likeness (QED) is 0.258. The zero-order valence-corrected chi connectivity index (χ0v) is 22.2. The van der Waals surface area contributed by atoms with Crippen LogP contribution in [-0.2, 0) is 12.1 Å². The fourth-order valence-electron chi connectivity index (χ4n) is 4.38. The Morgan fingerprint density at radius 2 is 1.88 bits per heavy atom. The number of hydrogen-bond acceptors (Lipinski definition) is 7. The smallest absolute Gasteiger partial charge is 0.406 e. The van der Waals surface area contributed by atoms with Gasteiger partial charge in [0.15, 0.2) is 4.96 Å². The fraction of sp³-hybridized carbons (Fsp3) is 0.231. The van der Waals surface area contributed by atoms with Crippen LogP contribution in [0.25, 0.3) is 16.2 Å². The van der Waals surface area contributed by atoms with Crippen LogP contribution in [-0.4, -0.2) is 59.5 Å². The number of halogens is 5. The van der Waals surface area contributed by atoms with E-state index < -0.39 is 35.5 Å². The number of benzene rings is 2. The second-order valence-electron chi connectivity index (χ2n) is 9.22. The van der Waals surface area contributed by atoms with Gasteiger partial charge in [-0.1, -0.05) is 17.4 Å². The van der Waals surface area contributed by atoms with Crippen LogP contribution in [0.4, 0.5) is 22.0 Å². The topological polar surface area (TPSA) is 97.8 Å². The molecule has 214 valence electrons. The van der Waals surface area contributed by atoms with Crippen molar-refractivity contribution in [3.63, 3.8) is 0 Å². The van der Waals surface area contributed by atoms with Gasteiger partial charge in [-0.3, -0.25) is 9.20 Å². The van der Waals surface area contributed by atoms with E-state index in [1.165, 1.54) is 66.7 Å². The number of thiazole rings is 1. The number of aromatic nitrogens is 5. The first-order valence-corrected chi connectivity index (χ1v) is 12.8. The molecule has 0 saturated heterocycles. The van der Waals surface area contributed by atoms with Gasteiger partial charge in [0.05, 0.1) is 18.3 Å². The van der Waals surface area contributed by atoms with E-state index in [1.54, 1.807) is 10.6 Å². The van der Waals surface area contributed by atoms with Crippen LogP contribution in [0.3, 0.4) is 0 Å². The maximum Gasteiger partial charge on any atom is 0.573 e. The summed E-state index contributed by atoms with van der Waals surface area (Å²) >= 11 is 1.05. The van der Waals surface area contributed by atoms with Crippen LogP contribution < -0.4 is 4.74 Å². The Labute approximate surface area is 233 Å². The Bertz CT molecular complexity index is 1650. The number of ether oxygens (including phenoxy) is 1. The molecule has 0 aliphatic heterocycles. The molecule has 0 unspecified atom stereocenters. The van der Waals surface area contributed by atoms with E-state index >= 15 is 0 Å². The molecule has 3 aromatic heterocycles. The fourth-order valence-corrected chi connectivity index (χ4v) is 5.32. The van der Waals surface area contributed by atoms with Gasteiger partial charge in [0, 0.05) is 36.6 Å². The predicted octanol–water partition coefficient (Wildman–Crippen LogP) is 4.88. The SMILES string of the molecule is C[C@@H](N(C)C(=O)c1cn2cc(-c3ccc(OC(F)(F)F)cc3)nc2s1)[C@](O)(Cn1cncn1)c1ccc(F)cc1F. The summed E-state index contributed by atoms with van der Waals surface area (Å²) in [7, 11) is 1.44. The predicted molar refractivity (Wildman–Crippen MR) is 137 cm³/mol. The van der Waals surface area contributed by atoms with E-state index in [0.717, 1.165) is 23.5 Å². The van der Waals surface area contributed by atoms with Crippen LogP contribution >= 0.6 is 11.3 Å². The van der Waals surface area contributed by atoms with Gasteiger partial charge >= 0.3 is 6.36 Å². The zero-order chi connectivity index (χ0) is 29.5. The van der Waals surface area contributed by atoms with Gasteiger partial charge < -0.3 is 14.7 Å². The lowest BCUT2D eigenvalue weighted by Gasteiger charge is -2.39. The molecule has 0 fully saturated rings. The third kappa shape index (κ3) is 5.76. The van der Waals surface area contributed by atoms with Crippen LogP contribution in [0.15, 0.2) is 67.5 Å². The number of likely N-dealkylation sites (N-methyl/N-ethyl adjacent to an activating group) is 1. The minimum Gasteiger partial charge on any atom is -0.406 e.